The van der Waals surface area contributed by atoms with E-state index in [4.69, 9.17) is 9.84 Å². The molecule has 2 amide bonds. The Labute approximate surface area is 145 Å². The van der Waals surface area contributed by atoms with Crippen LogP contribution < -0.4 is 10.6 Å². The van der Waals surface area contributed by atoms with Gasteiger partial charge in [0.2, 0.25) is 5.91 Å². The molecule has 1 aromatic carbocycles. The van der Waals surface area contributed by atoms with Crippen LogP contribution in [0.25, 0.3) is 0 Å². The van der Waals surface area contributed by atoms with Crippen molar-refractivity contribution in [3.63, 3.8) is 0 Å². The Hall–Kier alpha value is -2.87. The fraction of sp³-hybridized carbons (Fsp3) is 0.353. The number of carbonyl (C=O) groups excluding carboxylic acids is 3. The molecular formula is C17H21N3O5. The number of aliphatic hydroxyl groups excluding tert-OH is 1. The molecule has 1 aromatic rings. The number of hydrogen-bond donors (Lipinski definition) is 3. The highest BCUT2D eigenvalue weighted by Gasteiger charge is 2.34. The zero-order valence-corrected chi connectivity index (χ0v) is 14.4. The van der Waals surface area contributed by atoms with Crippen LogP contribution >= 0.6 is 0 Å². The molecule has 1 heterocycles. The summed E-state index contributed by atoms with van der Waals surface area (Å²) in [4.78, 5) is 36.9. The van der Waals surface area contributed by atoms with Crippen molar-refractivity contribution in [2.24, 2.45) is 0 Å². The maximum atomic E-state index is 12.5. The summed E-state index contributed by atoms with van der Waals surface area (Å²) >= 11 is 0. The van der Waals surface area contributed by atoms with Crippen LogP contribution in [-0.2, 0) is 19.1 Å². The van der Waals surface area contributed by atoms with Gasteiger partial charge in [0.05, 0.1) is 25.8 Å². The normalized spacial score (nSPS) is 13.9. The van der Waals surface area contributed by atoms with Gasteiger partial charge < -0.3 is 25.4 Å². The lowest BCUT2D eigenvalue weighted by Crippen LogP contribution is -2.31. The van der Waals surface area contributed by atoms with Crippen LogP contribution in [0.1, 0.15) is 12.5 Å². The van der Waals surface area contributed by atoms with Crippen molar-refractivity contribution in [2.45, 2.75) is 13.8 Å². The smallest absolute Gasteiger partial charge is 0.337 e. The summed E-state index contributed by atoms with van der Waals surface area (Å²) < 4.78 is 4.74. The number of aliphatic hydroxyl groups is 1. The molecule has 3 N–H and O–H groups in total. The van der Waals surface area contributed by atoms with Gasteiger partial charge >= 0.3 is 5.97 Å². The van der Waals surface area contributed by atoms with E-state index in [1.165, 1.54) is 18.9 Å². The summed E-state index contributed by atoms with van der Waals surface area (Å²) in [6.45, 7) is 3.26. The van der Waals surface area contributed by atoms with Crippen molar-refractivity contribution >= 4 is 29.2 Å². The summed E-state index contributed by atoms with van der Waals surface area (Å²) in [5.74, 6) is -1.15. The number of nitrogens with zero attached hydrogens (tertiary/aromatic N) is 1. The molecule has 0 bridgehead atoms. The van der Waals surface area contributed by atoms with Gasteiger partial charge in [-0.25, -0.2) is 4.79 Å². The van der Waals surface area contributed by atoms with Crippen LogP contribution in [0, 0.1) is 6.92 Å². The SMILES string of the molecule is COC(=O)C1=C(Nc2ccc(NC(C)=O)c(C)c2)C(=O)N(CCO)C1. The largest absolute Gasteiger partial charge is 0.466 e. The van der Waals surface area contributed by atoms with Crippen LogP contribution in [0.3, 0.4) is 0 Å². The van der Waals surface area contributed by atoms with Crippen LogP contribution in [0.2, 0.25) is 0 Å². The topological polar surface area (TPSA) is 108 Å². The third-order valence-corrected chi connectivity index (χ3v) is 3.76. The predicted octanol–water partition coefficient (Wildman–Crippen LogP) is 0.627. The molecule has 1 aliphatic rings. The monoisotopic (exact) mass is 347 g/mol. The van der Waals surface area contributed by atoms with E-state index in [0.717, 1.165) is 5.56 Å². The van der Waals surface area contributed by atoms with E-state index in [2.05, 4.69) is 10.6 Å². The lowest BCUT2D eigenvalue weighted by Gasteiger charge is -2.15. The van der Waals surface area contributed by atoms with Gasteiger partial charge in [0.15, 0.2) is 0 Å². The second-order valence-corrected chi connectivity index (χ2v) is 5.63. The molecule has 0 aromatic heterocycles. The van der Waals surface area contributed by atoms with Gasteiger partial charge in [-0.3, -0.25) is 9.59 Å². The fourth-order valence-corrected chi connectivity index (χ4v) is 2.56. The molecule has 0 radical (unpaired) electrons. The van der Waals surface area contributed by atoms with E-state index in [1.807, 2.05) is 6.92 Å². The molecular weight excluding hydrogens is 326 g/mol. The van der Waals surface area contributed by atoms with Crippen LogP contribution in [-0.4, -0.2) is 54.6 Å². The van der Waals surface area contributed by atoms with E-state index in [9.17, 15) is 14.4 Å². The van der Waals surface area contributed by atoms with E-state index in [-0.39, 0.29) is 42.8 Å². The van der Waals surface area contributed by atoms with Gasteiger partial charge in [-0.05, 0) is 30.7 Å². The lowest BCUT2D eigenvalue weighted by atomic mass is 10.1. The number of aryl methyl sites for hydroxylation is 1. The maximum Gasteiger partial charge on any atom is 0.337 e. The van der Waals surface area contributed by atoms with Crippen molar-refractivity contribution in [2.75, 3.05) is 37.4 Å². The Morgan fingerprint density at radius 1 is 1.36 bits per heavy atom. The minimum absolute atomic E-state index is 0.0807. The molecule has 8 heteroatoms. The minimum atomic E-state index is -0.595. The van der Waals surface area contributed by atoms with Crippen molar-refractivity contribution in [1.29, 1.82) is 0 Å². The van der Waals surface area contributed by atoms with Crippen LogP contribution in [0.4, 0.5) is 11.4 Å². The van der Waals surface area contributed by atoms with Gasteiger partial charge in [0.1, 0.15) is 5.70 Å². The number of nitrogens with one attached hydrogen (secondary N) is 2. The van der Waals surface area contributed by atoms with Gasteiger partial charge in [-0.2, -0.15) is 0 Å². The Bertz CT molecular complexity index is 742. The molecule has 134 valence electrons. The zero-order valence-electron chi connectivity index (χ0n) is 14.4. The first-order chi connectivity index (χ1) is 11.9. The number of ether oxygens (including phenoxy) is 1. The van der Waals surface area contributed by atoms with Crippen molar-refractivity contribution < 1.29 is 24.2 Å². The molecule has 0 spiro atoms. The molecule has 25 heavy (non-hydrogen) atoms. The molecule has 0 saturated heterocycles. The summed E-state index contributed by atoms with van der Waals surface area (Å²) in [6.07, 6.45) is 0. The summed E-state index contributed by atoms with van der Waals surface area (Å²) in [6, 6.07) is 5.17. The van der Waals surface area contributed by atoms with Gasteiger partial charge in [-0.1, -0.05) is 0 Å². The molecule has 2 rings (SSSR count). The number of β-amino-alcohol motifs (C(OH)–C–C–N with tert-alkyl or cyclic N) is 1. The number of rotatable bonds is 6. The number of benzene rings is 1. The fourth-order valence-electron chi connectivity index (χ4n) is 2.56. The highest BCUT2D eigenvalue weighted by Crippen LogP contribution is 2.25. The van der Waals surface area contributed by atoms with Crippen LogP contribution in [0.5, 0.6) is 0 Å². The average Bonchev–Trinajstić information content (AvgIpc) is 2.86. The molecule has 0 unspecified atom stereocenters. The van der Waals surface area contributed by atoms with Crippen molar-refractivity contribution in [3.8, 4) is 0 Å². The van der Waals surface area contributed by atoms with E-state index < -0.39 is 5.97 Å². The number of carbonyl (C=O) groups is 3. The van der Waals surface area contributed by atoms with Crippen LogP contribution in [0.15, 0.2) is 29.5 Å². The quantitative estimate of drug-likeness (QED) is 0.652. The number of esters is 1. The molecule has 0 atom stereocenters. The zero-order chi connectivity index (χ0) is 18.6. The van der Waals surface area contributed by atoms with Gasteiger partial charge in [0.25, 0.3) is 5.91 Å². The third-order valence-electron chi connectivity index (χ3n) is 3.76. The second kappa shape index (κ2) is 7.80. The number of amides is 2. The van der Waals surface area contributed by atoms with E-state index in [0.29, 0.717) is 11.4 Å². The summed E-state index contributed by atoms with van der Waals surface area (Å²) in [5.41, 5.74) is 2.41. The summed E-state index contributed by atoms with van der Waals surface area (Å²) in [7, 11) is 1.25. The number of methoxy groups -OCH3 is 1. The van der Waals surface area contributed by atoms with E-state index in [1.54, 1.807) is 18.2 Å². The summed E-state index contributed by atoms with van der Waals surface area (Å²) in [5, 5.41) is 14.7. The van der Waals surface area contributed by atoms with Crippen molar-refractivity contribution in [3.05, 3.63) is 35.0 Å². The Balaban J connectivity index is 2.28. The molecule has 8 nitrogen and oxygen atoms in total. The van der Waals surface area contributed by atoms with Crippen molar-refractivity contribution in [1.82, 2.24) is 4.90 Å². The first-order valence-electron chi connectivity index (χ1n) is 7.74. The lowest BCUT2D eigenvalue weighted by molar-refractivity contribution is -0.136. The first kappa shape index (κ1) is 18.5. The molecule has 0 aliphatic carbocycles. The minimum Gasteiger partial charge on any atom is -0.466 e. The highest BCUT2D eigenvalue weighted by atomic mass is 16.5. The predicted molar refractivity (Wildman–Crippen MR) is 91.8 cm³/mol. The molecule has 0 fully saturated rings. The standard InChI is InChI=1S/C17H21N3O5/c1-10-8-12(4-5-14(10)18-11(2)22)19-15-13(17(24)25-3)9-20(6-7-21)16(15)23/h4-5,8,19,21H,6-7,9H2,1-3H3,(H,18,22). The third kappa shape index (κ3) is 4.16. The first-order valence-corrected chi connectivity index (χ1v) is 7.74. The average molecular weight is 347 g/mol. The number of anilines is 2. The Morgan fingerprint density at radius 2 is 2.08 bits per heavy atom. The highest BCUT2D eigenvalue weighted by molar-refractivity contribution is 6.08. The number of hydrogen-bond acceptors (Lipinski definition) is 6. The molecule has 0 saturated carbocycles. The molecule has 1 aliphatic heterocycles. The maximum absolute atomic E-state index is 12.5. The van der Waals surface area contributed by atoms with Gasteiger partial charge in [-0.15, -0.1) is 0 Å². The Morgan fingerprint density at radius 3 is 2.64 bits per heavy atom. The second-order valence-electron chi connectivity index (χ2n) is 5.63. The van der Waals surface area contributed by atoms with Gasteiger partial charge in [0, 0.05) is 24.8 Å². The Kier molecular flexibility index (Phi) is 5.76. The van der Waals surface area contributed by atoms with E-state index >= 15 is 0 Å².